The van der Waals surface area contributed by atoms with Crippen LogP contribution in [0.1, 0.15) is 5.69 Å². The number of hydrogen-bond acceptors (Lipinski definition) is 6. The minimum Gasteiger partial charge on any atom is -0.395 e. The van der Waals surface area contributed by atoms with Gasteiger partial charge < -0.3 is 15.3 Å². The molecule has 2 rings (SSSR count). The van der Waals surface area contributed by atoms with Crippen molar-refractivity contribution < 1.29 is 5.11 Å². The summed E-state index contributed by atoms with van der Waals surface area (Å²) in [6.07, 6.45) is 0. The standard InChI is InChI=1S/C12H21N5O/c1-10-9-11(13-2)15-12(14-10)17-5-3-16(4-6-17)7-8-18/h9,18H,3-8H2,1-2H3,(H,13,14,15). The van der Waals surface area contributed by atoms with Crippen molar-refractivity contribution in [1.29, 1.82) is 0 Å². The zero-order valence-corrected chi connectivity index (χ0v) is 11.1. The topological polar surface area (TPSA) is 64.5 Å². The second-order valence-corrected chi connectivity index (χ2v) is 4.50. The number of aliphatic hydroxyl groups excluding tert-OH is 1. The van der Waals surface area contributed by atoms with Crippen LogP contribution < -0.4 is 10.2 Å². The number of rotatable bonds is 4. The number of piperazine rings is 1. The van der Waals surface area contributed by atoms with E-state index in [9.17, 15) is 0 Å². The normalized spacial score (nSPS) is 16.9. The molecule has 0 bridgehead atoms. The van der Waals surface area contributed by atoms with Gasteiger partial charge in [-0.3, -0.25) is 4.90 Å². The number of aromatic nitrogens is 2. The Bertz CT molecular complexity index is 390. The van der Waals surface area contributed by atoms with E-state index in [2.05, 4.69) is 25.1 Å². The quantitative estimate of drug-likeness (QED) is 0.782. The summed E-state index contributed by atoms with van der Waals surface area (Å²) in [6.45, 7) is 6.68. The van der Waals surface area contributed by atoms with Crippen LogP contribution in [0.3, 0.4) is 0 Å². The van der Waals surface area contributed by atoms with Crippen molar-refractivity contribution in [3.8, 4) is 0 Å². The molecule has 1 aliphatic heterocycles. The zero-order chi connectivity index (χ0) is 13.0. The van der Waals surface area contributed by atoms with Gasteiger partial charge in [-0.1, -0.05) is 0 Å². The Morgan fingerprint density at radius 2 is 2.00 bits per heavy atom. The van der Waals surface area contributed by atoms with E-state index in [1.807, 2.05) is 20.0 Å². The first-order chi connectivity index (χ1) is 8.72. The summed E-state index contributed by atoms with van der Waals surface area (Å²) in [4.78, 5) is 13.4. The van der Waals surface area contributed by atoms with Gasteiger partial charge >= 0.3 is 0 Å². The molecule has 6 nitrogen and oxygen atoms in total. The number of aliphatic hydroxyl groups is 1. The fourth-order valence-corrected chi connectivity index (χ4v) is 2.14. The lowest BCUT2D eigenvalue weighted by Crippen LogP contribution is -2.47. The predicted octanol–water partition coefficient (Wildman–Crippen LogP) is -0.0590. The van der Waals surface area contributed by atoms with Crippen molar-refractivity contribution in [3.63, 3.8) is 0 Å². The smallest absolute Gasteiger partial charge is 0.227 e. The Kier molecular flexibility index (Phi) is 4.33. The summed E-state index contributed by atoms with van der Waals surface area (Å²) in [5, 5.41) is 12.0. The number of aryl methyl sites for hydroxylation is 1. The van der Waals surface area contributed by atoms with E-state index < -0.39 is 0 Å². The van der Waals surface area contributed by atoms with Crippen LogP contribution in [0.25, 0.3) is 0 Å². The van der Waals surface area contributed by atoms with E-state index in [0.717, 1.165) is 50.2 Å². The van der Waals surface area contributed by atoms with E-state index >= 15 is 0 Å². The molecule has 0 atom stereocenters. The summed E-state index contributed by atoms with van der Waals surface area (Å²) in [5.74, 6) is 1.65. The summed E-state index contributed by atoms with van der Waals surface area (Å²) in [7, 11) is 1.87. The highest BCUT2D eigenvalue weighted by atomic mass is 16.3. The van der Waals surface area contributed by atoms with Crippen LogP contribution in [0.2, 0.25) is 0 Å². The zero-order valence-electron chi connectivity index (χ0n) is 11.1. The summed E-state index contributed by atoms with van der Waals surface area (Å²) in [6, 6.07) is 1.94. The van der Waals surface area contributed by atoms with Crippen LogP contribution in [-0.4, -0.2) is 66.4 Å². The third-order valence-electron chi connectivity index (χ3n) is 3.17. The summed E-state index contributed by atoms with van der Waals surface area (Å²) in [5.41, 5.74) is 0.974. The first-order valence-corrected chi connectivity index (χ1v) is 6.34. The van der Waals surface area contributed by atoms with Gasteiger partial charge in [0.25, 0.3) is 0 Å². The molecule has 6 heteroatoms. The van der Waals surface area contributed by atoms with Gasteiger partial charge in [-0.15, -0.1) is 0 Å². The van der Waals surface area contributed by atoms with Gasteiger partial charge in [-0.2, -0.15) is 4.98 Å². The Hall–Kier alpha value is -1.40. The molecule has 1 saturated heterocycles. The van der Waals surface area contributed by atoms with E-state index in [1.54, 1.807) is 0 Å². The molecule has 1 aromatic heterocycles. The number of β-amino-alcohol motifs (C(OH)–C–C–N with tert-alkyl or cyclic N) is 1. The van der Waals surface area contributed by atoms with Crippen molar-refractivity contribution >= 4 is 11.8 Å². The van der Waals surface area contributed by atoms with Crippen LogP contribution in [0.5, 0.6) is 0 Å². The minimum absolute atomic E-state index is 0.227. The highest BCUT2D eigenvalue weighted by molar-refractivity contribution is 5.43. The molecule has 18 heavy (non-hydrogen) atoms. The molecule has 1 fully saturated rings. The molecule has 100 valence electrons. The molecule has 1 aliphatic rings. The largest absolute Gasteiger partial charge is 0.395 e. The van der Waals surface area contributed by atoms with Crippen molar-refractivity contribution in [3.05, 3.63) is 11.8 Å². The fraction of sp³-hybridized carbons (Fsp3) is 0.667. The molecule has 0 saturated carbocycles. The van der Waals surface area contributed by atoms with E-state index in [1.165, 1.54) is 0 Å². The van der Waals surface area contributed by atoms with Crippen molar-refractivity contribution in [2.24, 2.45) is 0 Å². The molecule has 2 N–H and O–H groups in total. The van der Waals surface area contributed by atoms with Gasteiger partial charge in [0, 0.05) is 51.5 Å². The highest BCUT2D eigenvalue weighted by Crippen LogP contribution is 2.15. The van der Waals surface area contributed by atoms with Crippen LogP contribution in [0.4, 0.5) is 11.8 Å². The first-order valence-electron chi connectivity index (χ1n) is 6.34. The van der Waals surface area contributed by atoms with Crippen LogP contribution in [0, 0.1) is 6.92 Å². The minimum atomic E-state index is 0.227. The summed E-state index contributed by atoms with van der Waals surface area (Å²) < 4.78 is 0. The van der Waals surface area contributed by atoms with Crippen LogP contribution in [0.15, 0.2) is 6.07 Å². The lowest BCUT2D eigenvalue weighted by Gasteiger charge is -2.34. The lowest BCUT2D eigenvalue weighted by atomic mass is 10.3. The van der Waals surface area contributed by atoms with Gasteiger partial charge in [0.1, 0.15) is 5.82 Å². The monoisotopic (exact) mass is 251 g/mol. The number of anilines is 2. The Balaban J connectivity index is 2.02. The second-order valence-electron chi connectivity index (χ2n) is 4.50. The molecule has 0 amide bonds. The van der Waals surface area contributed by atoms with Gasteiger partial charge in [-0.25, -0.2) is 4.98 Å². The number of nitrogens with one attached hydrogen (secondary N) is 1. The Labute approximate surface area is 108 Å². The molecule has 1 aromatic rings. The predicted molar refractivity (Wildman–Crippen MR) is 72.1 cm³/mol. The van der Waals surface area contributed by atoms with E-state index in [-0.39, 0.29) is 6.61 Å². The number of nitrogens with zero attached hydrogens (tertiary/aromatic N) is 4. The SMILES string of the molecule is CNc1cc(C)nc(N2CCN(CCO)CC2)n1. The summed E-state index contributed by atoms with van der Waals surface area (Å²) >= 11 is 0. The van der Waals surface area contributed by atoms with Gasteiger partial charge in [0.2, 0.25) is 5.95 Å². The molecule has 0 spiro atoms. The molecule has 0 aliphatic carbocycles. The average Bonchev–Trinajstić information content (AvgIpc) is 2.39. The molecular weight excluding hydrogens is 230 g/mol. The van der Waals surface area contributed by atoms with Gasteiger partial charge in [0.15, 0.2) is 0 Å². The fourth-order valence-electron chi connectivity index (χ4n) is 2.14. The van der Waals surface area contributed by atoms with Gasteiger partial charge in [-0.05, 0) is 6.92 Å². The van der Waals surface area contributed by atoms with Crippen molar-refractivity contribution in [1.82, 2.24) is 14.9 Å². The lowest BCUT2D eigenvalue weighted by molar-refractivity contribution is 0.188. The average molecular weight is 251 g/mol. The highest BCUT2D eigenvalue weighted by Gasteiger charge is 2.18. The van der Waals surface area contributed by atoms with E-state index in [0.29, 0.717) is 0 Å². The van der Waals surface area contributed by atoms with Gasteiger partial charge in [0.05, 0.1) is 6.61 Å². The number of hydrogen-bond donors (Lipinski definition) is 2. The molecule has 2 heterocycles. The van der Waals surface area contributed by atoms with Crippen molar-refractivity contribution in [2.75, 3.05) is 56.6 Å². The van der Waals surface area contributed by atoms with Crippen molar-refractivity contribution in [2.45, 2.75) is 6.92 Å². The molecule has 0 radical (unpaired) electrons. The third kappa shape index (κ3) is 3.08. The maximum absolute atomic E-state index is 8.92. The Morgan fingerprint density at radius 3 is 2.61 bits per heavy atom. The molecule has 0 unspecified atom stereocenters. The van der Waals surface area contributed by atoms with Crippen LogP contribution >= 0.6 is 0 Å². The third-order valence-corrected chi connectivity index (χ3v) is 3.17. The first kappa shape index (κ1) is 13.0. The van der Waals surface area contributed by atoms with Crippen LogP contribution in [-0.2, 0) is 0 Å². The maximum atomic E-state index is 8.92. The second kappa shape index (κ2) is 5.97. The van der Waals surface area contributed by atoms with E-state index in [4.69, 9.17) is 5.11 Å². The maximum Gasteiger partial charge on any atom is 0.227 e. The molecular formula is C12H21N5O. The Morgan fingerprint density at radius 1 is 1.28 bits per heavy atom. The molecule has 0 aromatic carbocycles.